The van der Waals surface area contributed by atoms with E-state index in [4.69, 9.17) is 9.63 Å². The Kier molecular flexibility index (Phi) is 3.87. The molecule has 1 aromatic rings. The predicted octanol–water partition coefficient (Wildman–Crippen LogP) is 1.78. The molecule has 1 fully saturated rings. The molecule has 1 aliphatic rings. The van der Waals surface area contributed by atoms with Gasteiger partial charge in [0, 0.05) is 12.0 Å². The number of rotatable bonds is 6. The van der Waals surface area contributed by atoms with E-state index >= 15 is 0 Å². The molecule has 2 rings (SSSR count). The zero-order valence-electron chi connectivity index (χ0n) is 11.0. The normalized spacial score (nSPS) is 17.8. The summed E-state index contributed by atoms with van der Waals surface area (Å²) in [4.78, 5) is 23.1. The molecule has 1 saturated carbocycles. The average molecular weight is 266 g/mol. The van der Waals surface area contributed by atoms with Gasteiger partial charge in [-0.1, -0.05) is 25.4 Å². The number of hydrogen-bond acceptors (Lipinski definition) is 4. The molecule has 1 heterocycles. The number of carboxylic acid groups (broad SMARTS) is 1. The maximum Gasteiger partial charge on any atom is 0.326 e. The van der Waals surface area contributed by atoms with Crippen LogP contribution in [0.5, 0.6) is 0 Å². The highest BCUT2D eigenvalue weighted by Crippen LogP contribution is 2.40. The van der Waals surface area contributed by atoms with Crippen molar-refractivity contribution in [2.45, 2.75) is 45.1 Å². The molecule has 104 valence electrons. The lowest BCUT2D eigenvalue weighted by Crippen LogP contribution is -2.45. The zero-order valence-corrected chi connectivity index (χ0v) is 11.0. The molecule has 19 heavy (non-hydrogen) atoms. The molecule has 0 radical (unpaired) electrons. The molecular formula is C13H18N2O4. The third-order valence-electron chi connectivity index (χ3n) is 3.51. The van der Waals surface area contributed by atoms with Crippen molar-refractivity contribution in [3.8, 4) is 0 Å². The van der Waals surface area contributed by atoms with Crippen molar-refractivity contribution in [1.82, 2.24) is 10.5 Å². The van der Waals surface area contributed by atoms with E-state index in [0.717, 1.165) is 12.8 Å². The van der Waals surface area contributed by atoms with Crippen molar-refractivity contribution in [2.24, 2.45) is 5.92 Å². The van der Waals surface area contributed by atoms with Crippen LogP contribution in [0.2, 0.25) is 0 Å². The summed E-state index contributed by atoms with van der Waals surface area (Å²) in [6.45, 7) is 3.67. The lowest BCUT2D eigenvalue weighted by molar-refractivity contribution is -0.140. The van der Waals surface area contributed by atoms with E-state index in [-0.39, 0.29) is 11.6 Å². The highest BCUT2D eigenvalue weighted by atomic mass is 16.5. The van der Waals surface area contributed by atoms with Gasteiger partial charge in [0.25, 0.3) is 5.91 Å². The Balaban J connectivity index is 2.03. The van der Waals surface area contributed by atoms with E-state index in [9.17, 15) is 9.59 Å². The zero-order chi connectivity index (χ0) is 14.0. The summed E-state index contributed by atoms with van der Waals surface area (Å²) >= 11 is 0. The first-order valence-electron chi connectivity index (χ1n) is 6.53. The third-order valence-corrected chi connectivity index (χ3v) is 3.51. The SMILES string of the molecule is CC[C@H](C)[C@H](NC(=O)c1cc(C2CC2)on1)C(=O)O. The van der Waals surface area contributed by atoms with Crippen LogP contribution in [0, 0.1) is 5.92 Å². The quantitative estimate of drug-likeness (QED) is 0.818. The van der Waals surface area contributed by atoms with Crippen LogP contribution in [-0.2, 0) is 4.79 Å². The summed E-state index contributed by atoms with van der Waals surface area (Å²) in [6, 6.07) is 0.696. The molecule has 6 nitrogen and oxygen atoms in total. The molecule has 1 amide bonds. The van der Waals surface area contributed by atoms with Gasteiger partial charge in [0.2, 0.25) is 0 Å². The Morgan fingerprint density at radius 2 is 2.26 bits per heavy atom. The fourth-order valence-corrected chi connectivity index (χ4v) is 1.85. The first-order chi connectivity index (χ1) is 9.02. The van der Waals surface area contributed by atoms with E-state index in [0.29, 0.717) is 18.1 Å². The van der Waals surface area contributed by atoms with E-state index in [1.54, 1.807) is 13.0 Å². The Hall–Kier alpha value is -1.85. The molecule has 1 aromatic heterocycles. The molecule has 0 aliphatic heterocycles. The van der Waals surface area contributed by atoms with Crippen LogP contribution in [0.1, 0.15) is 55.3 Å². The Bertz CT molecular complexity index is 479. The van der Waals surface area contributed by atoms with Gasteiger partial charge in [-0.3, -0.25) is 4.79 Å². The highest BCUT2D eigenvalue weighted by molar-refractivity contribution is 5.95. The maximum absolute atomic E-state index is 11.9. The predicted molar refractivity (Wildman–Crippen MR) is 66.8 cm³/mol. The van der Waals surface area contributed by atoms with Gasteiger partial charge in [-0.15, -0.1) is 0 Å². The number of nitrogens with one attached hydrogen (secondary N) is 1. The van der Waals surface area contributed by atoms with Gasteiger partial charge in [0.1, 0.15) is 11.8 Å². The molecule has 0 bridgehead atoms. The summed E-state index contributed by atoms with van der Waals surface area (Å²) in [5.41, 5.74) is 0.149. The minimum absolute atomic E-state index is 0.142. The molecule has 1 aliphatic carbocycles. The molecule has 6 heteroatoms. The summed E-state index contributed by atoms with van der Waals surface area (Å²) < 4.78 is 5.08. The minimum Gasteiger partial charge on any atom is -0.480 e. The first-order valence-corrected chi connectivity index (χ1v) is 6.53. The summed E-state index contributed by atoms with van der Waals surface area (Å²) in [7, 11) is 0. The number of carbonyl (C=O) groups is 2. The van der Waals surface area contributed by atoms with Crippen LogP contribution in [0.3, 0.4) is 0 Å². The average Bonchev–Trinajstić information content (AvgIpc) is 3.12. The Labute approximate surface area is 111 Å². The third kappa shape index (κ3) is 3.13. The van der Waals surface area contributed by atoms with Crippen molar-refractivity contribution >= 4 is 11.9 Å². The first kappa shape index (κ1) is 13.6. The molecule has 0 unspecified atom stereocenters. The van der Waals surface area contributed by atoms with E-state index in [1.807, 2.05) is 6.92 Å². The van der Waals surface area contributed by atoms with Crippen molar-refractivity contribution in [3.63, 3.8) is 0 Å². The van der Waals surface area contributed by atoms with Crippen molar-refractivity contribution in [1.29, 1.82) is 0 Å². The van der Waals surface area contributed by atoms with Gasteiger partial charge >= 0.3 is 5.97 Å². The minimum atomic E-state index is -1.03. The lowest BCUT2D eigenvalue weighted by atomic mass is 9.99. The van der Waals surface area contributed by atoms with E-state index < -0.39 is 17.9 Å². The number of nitrogens with zero attached hydrogens (tertiary/aromatic N) is 1. The van der Waals surface area contributed by atoms with Gasteiger partial charge in [-0.25, -0.2) is 4.79 Å². The van der Waals surface area contributed by atoms with Crippen LogP contribution >= 0.6 is 0 Å². The van der Waals surface area contributed by atoms with Gasteiger partial charge < -0.3 is 14.9 Å². The molecule has 2 atom stereocenters. The summed E-state index contributed by atoms with van der Waals surface area (Å²) in [5.74, 6) is -0.590. The van der Waals surface area contributed by atoms with Gasteiger partial charge in [-0.05, 0) is 18.8 Å². The second kappa shape index (κ2) is 5.42. The highest BCUT2D eigenvalue weighted by Gasteiger charge is 2.30. The summed E-state index contributed by atoms with van der Waals surface area (Å²) in [5, 5.41) is 15.3. The number of aromatic nitrogens is 1. The second-order valence-electron chi connectivity index (χ2n) is 5.06. The fourth-order valence-electron chi connectivity index (χ4n) is 1.85. The maximum atomic E-state index is 11.9. The van der Waals surface area contributed by atoms with Gasteiger partial charge in [0.15, 0.2) is 5.69 Å². The molecule has 0 saturated heterocycles. The monoisotopic (exact) mass is 266 g/mol. The Morgan fingerprint density at radius 3 is 2.79 bits per heavy atom. The van der Waals surface area contributed by atoms with Crippen molar-refractivity contribution in [3.05, 3.63) is 17.5 Å². The van der Waals surface area contributed by atoms with Crippen molar-refractivity contribution in [2.75, 3.05) is 0 Å². The van der Waals surface area contributed by atoms with Gasteiger partial charge in [0.05, 0.1) is 0 Å². The number of carboxylic acids is 1. The largest absolute Gasteiger partial charge is 0.480 e. The number of aliphatic carboxylic acids is 1. The number of carbonyl (C=O) groups excluding carboxylic acids is 1. The van der Waals surface area contributed by atoms with Crippen LogP contribution < -0.4 is 5.32 Å². The molecule has 2 N–H and O–H groups in total. The van der Waals surface area contributed by atoms with Crippen LogP contribution in [0.25, 0.3) is 0 Å². The molecular weight excluding hydrogens is 248 g/mol. The smallest absolute Gasteiger partial charge is 0.326 e. The van der Waals surface area contributed by atoms with E-state index in [2.05, 4.69) is 10.5 Å². The van der Waals surface area contributed by atoms with Gasteiger partial charge in [-0.2, -0.15) is 0 Å². The lowest BCUT2D eigenvalue weighted by Gasteiger charge is -2.19. The number of amides is 1. The molecule has 0 spiro atoms. The van der Waals surface area contributed by atoms with E-state index in [1.165, 1.54) is 0 Å². The second-order valence-corrected chi connectivity index (χ2v) is 5.06. The number of hydrogen-bond donors (Lipinski definition) is 2. The van der Waals surface area contributed by atoms with Crippen LogP contribution in [0.15, 0.2) is 10.6 Å². The standard InChI is InChI=1S/C13H18N2O4/c1-3-7(2)11(13(17)18)14-12(16)9-6-10(19-15-9)8-4-5-8/h6-8,11H,3-5H2,1-2H3,(H,14,16)(H,17,18)/t7-,11-/m0/s1. The molecule has 0 aromatic carbocycles. The topological polar surface area (TPSA) is 92.4 Å². The fraction of sp³-hybridized carbons (Fsp3) is 0.615. The Morgan fingerprint density at radius 1 is 1.58 bits per heavy atom. The summed E-state index contributed by atoms with van der Waals surface area (Å²) in [6.07, 6.45) is 2.78. The van der Waals surface area contributed by atoms with Crippen molar-refractivity contribution < 1.29 is 19.2 Å². The van der Waals surface area contributed by atoms with Crippen LogP contribution in [0.4, 0.5) is 0 Å². The van der Waals surface area contributed by atoms with Crippen LogP contribution in [-0.4, -0.2) is 28.2 Å².